The normalized spacial score (nSPS) is 16.8. The third-order valence-electron chi connectivity index (χ3n) is 19.8. The van der Waals surface area contributed by atoms with Crippen LogP contribution in [0.5, 0.6) is 0 Å². The summed E-state index contributed by atoms with van der Waals surface area (Å²) in [5.41, 5.74) is 40.5. The Morgan fingerprint density at radius 3 is 1.19 bits per heavy atom. The number of allylic oxidation sites excluding steroid dienone is 19. The van der Waals surface area contributed by atoms with Crippen molar-refractivity contribution < 1.29 is 96.8 Å². The molecule has 0 aliphatic heterocycles. The molecule has 9 rings (SSSR count). The Bertz CT molecular complexity index is 4630. The molecule has 0 aromatic carbocycles. The van der Waals surface area contributed by atoms with Gasteiger partial charge >= 0.3 is 526 Å². The molecule has 15 heteroatoms. The molecule has 0 N–H and O–H groups in total. The number of fused-ring (bicyclic) bond motifs is 2. The first-order valence-corrected chi connectivity index (χ1v) is 50.5. The molecule has 10 nitrogen and oxygen atoms in total. The molecule has 0 unspecified atom stereocenters. The molecule has 0 saturated heterocycles. The third kappa shape index (κ3) is 35.9. The third-order valence-corrected chi connectivity index (χ3v) is 29.1. The molecular weight excluding hydrogens is 2280 g/mol. The Kier molecular flexibility index (Phi) is 55.6. The summed E-state index contributed by atoms with van der Waals surface area (Å²) in [6.45, 7) is 97.7. The monoisotopic (exact) mass is 2440 g/mol. The first-order valence-electron chi connectivity index (χ1n) is 43.1. The Morgan fingerprint density at radius 2 is 0.812 bits per heavy atom. The fourth-order valence-corrected chi connectivity index (χ4v) is 19.0. The Hall–Kier alpha value is -4.15. The zero-order chi connectivity index (χ0) is 91.6. The Labute approximate surface area is 772 Å². The van der Waals surface area contributed by atoms with Crippen molar-refractivity contribution in [3.8, 4) is 0 Å². The van der Waals surface area contributed by atoms with Crippen LogP contribution in [0.15, 0.2) is 109 Å². The second kappa shape index (κ2) is 56.6. The van der Waals surface area contributed by atoms with Gasteiger partial charge in [-0.25, -0.2) is 14.0 Å². The largest absolute Gasteiger partial charge is 0.237 e. The minimum absolute atomic E-state index is 0.425. The van der Waals surface area contributed by atoms with Crippen LogP contribution in [-0.2, 0) is 96.8 Å². The number of aryl methyl sites for hydroxylation is 8. The van der Waals surface area contributed by atoms with E-state index in [-0.39, 0.29) is 0 Å². The maximum Gasteiger partial charge on any atom is 0.127 e. The van der Waals surface area contributed by atoms with Crippen molar-refractivity contribution in [1.29, 1.82) is 0 Å². The molecule has 4 heterocycles. The van der Waals surface area contributed by atoms with Crippen LogP contribution in [0.3, 0.4) is 0 Å². The Balaban J connectivity index is 0. The molecule has 0 spiro atoms. The van der Waals surface area contributed by atoms with Crippen LogP contribution in [0, 0.1) is 122 Å². The van der Waals surface area contributed by atoms with Crippen molar-refractivity contribution in [3.63, 3.8) is 0 Å². The zero-order valence-corrected chi connectivity index (χ0v) is 97.0. The predicted octanol–water partition coefficient (Wildman–Crippen LogP) is 27.8. The molecular formula is C102H157N10W5-5. The molecule has 4 aromatic heterocycles. The number of aromatic nitrogens is 5. The number of hydrogen-bond donors (Lipinski definition) is 0. The van der Waals surface area contributed by atoms with E-state index < -0.39 is 0 Å². The minimum Gasteiger partial charge on any atom is -0.237 e. The van der Waals surface area contributed by atoms with E-state index in [2.05, 4.69) is 293 Å². The number of rotatable bonds is 13. The summed E-state index contributed by atoms with van der Waals surface area (Å²) >= 11 is 7.67. The first kappa shape index (κ1) is 115. The van der Waals surface area contributed by atoms with Crippen LogP contribution in [0.4, 0.5) is 0 Å². The van der Waals surface area contributed by atoms with Gasteiger partial charge < -0.3 is 0 Å². The second-order valence-corrected chi connectivity index (χ2v) is 40.2. The summed E-state index contributed by atoms with van der Waals surface area (Å²) < 4.78 is 11.3. The first-order chi connectivity index (χ1) is 54.4. The van der Waals surface area contributed by atoms with E-state index >= 15 is 0 Å². The van der Waals surface area contributed by atoms with Crippen molar-refractivity contribution >= 4 is 59.1 Å². The van der Waals surface area contributed by atoms with E-state index in [4.69, 9.17) is 10.1 Å². The van der Waals surface area contributed by atoms with Gasteiger partial charge in [-0.1, -0.05) is 83.1 Å². The fourth-order valence-electron chi connectivity index (χ4n) is 13.9. The van der Waals surface area contributed by atoms with Crippen molar-refractivity contribution in [2.45, 2.75) is 369 Å². The van der Waals surface area contributed by atoms with Gasteiger partial charge in [0.2, 0.25) is 0 Å². The summed E-state index contributed by atoms with van der Waals surface area (Å²) in [4.78, 5) is 27.9. The minimum atomic E-state index is 0.425. The van der Waals surface area contributed by atoms with Crippen LogP contribution >= 0.6 is 0 Å². The molecule has 650 valence electrons. The zero-order valence-electron chi connectivity index (χ0n) is 82.3. The molecule has 5 aliphatic rings. The summed E-state index contributed by atoms with van der Waals surface area (Å²) in [6, 6.07) is 0. The van der Waals surface area contributed by atoms with Gasteiger partial charge in [0.1, 0.15) is 5.82 Å². The summed E-state index contributed by atoms with van der Waals surface area (Å²) in [6.07, 6.45) is 23.6. The van der Waals surface area contributed by atoms with E-state index in [1.807, 2.05) is 94.5 Å². The standard InChI is InChI=1S/C16H22N.C15H22N2.C13H19N3.3C13H18N.C11H16N.4C2H6.5W/c1-10(2)8-12(4)17-16-9-11(3)13(5)14(6)15(16)7;1-8(2)14-11(5)15-10(4)9(3)13(7)17(15)16-12(14)6;1-7(2)12-8(3)13-10(5)14-11(6)16(13)15-9(12)4;1-9(2)6-12(5)14-13-7-10(3)11(4)8-13;1-9(2)6-12(5)14-13-8-10(3)7-11(13)4;1-9(2)8-11(4)14-13-7-6-10(3)12(13)5;1-9(2)8-10(3)12-11-6-4-5-7-11;4*1-2;;;;;/h10H,1-7H3;8H,1-7H3;7H,1-6H3;2*9H,7H2,1-5H3;9H,6H2,1-5H3;9H,4-6H2,1-3H3;4*1-2H3;;;;;/q-1;;;4*-1;;;;;;;;;. The molecule has 4 aromatic rings. The number of imidazole rings is 1. The van der Waals surface area contributed by atoms with Gasteiger partial charge in [-0.2, -0.15) is 10.2 Å². The van der Waals surface area contributed by atoms with Crippen LogP contribution in [0.25, 0.3) is 11.0 Å². The average Bonchev–Trinajstić information content (AvgIpc) is 1.62. The molecule has 0 radical (unpaired) electrons. The average molecular weight is 2440 g/mol. The molecule has 117 heavy (non-hydrogen) atoms. The van der Waals surface area contributed by atoms with Crippen molar-refractivity contribution in [3.05, 3.63) is 177 Å². The topological polar surface area (TPSA) is 109 Å². The summed E-state index contributed by atoms with van der Waals surface area (Å²) in [5, 5.41) is 9.39. The van der Waals surface area contributed by atoms with Gasteiger partial charge in [-0.15, -0.1) is 0 Å². The molecule has 1 saturated carbocycles. The molecule has 0 atom stereocenters. The molecule has 1 fully saturated rings. The van der Waals surface area contributed by atoms with Crippen molar-refractivity contribution in [1.82, 2.24) is 24.2 Å². The fraction of sp³-hybridized carbons (Fsp3) is 0.578. The number of nitrogens with zero attached hydrogens (tertiary/aromatic N) is 10. The Morgan fingerprint density at radius 1 is 0.402 bits per heavy atom. The van der Waals surface area contributed by atoms with Gasteiger partial charge in [0.05, 0.1) is 28.1 Å². The van der Waals surface area contributed by atoms with Crippen LogP contribution in [0.2, 0.25) is 0 Å². The van der Waals surface area contributed by atoms with E-state index in [0.717, 1.165) is 76.4 Å². The predicted molar refractivity (Wildman–Crippen MR) is 503 cm³/mol. The summed E-state index contributed by atoms with van der Waals surface area (Å²) in [7, 11) is 0. The van der Waals surface area contributed by atoms with Crippen molar-refractivity contribution in [2.24, 2.45) is 54.6 Å². The van der Waals surface area contributed by atoms with Gasteiger partial charge in [0, 0.05) is 5.69 Å². The van der Waals surface area contributed by atoms with E-state index in [9.17, 15) is 0 Å². The quantitative estimate of drug-likeness (QED) is 0.0982. The van der Waals surface area contributed by atoms with E-state index in [1.54, 1.807) is 23.3 Å². The smallest absolute Gasteiger partial charge is 0.127 e. The summed E-state index contributed by atoms with van der Waals surface area (Å²) in [5.74, 6) is 4.43. The van der Waals surface area contributed by atoms with E-state index in [1.165, 1.54) is 241 Å². The maximum absolute atomic E-state index is 4.79. The SMILES string of the molecule is CC.CC.CC.CC.CC(=[C-]C(C)C)N=C1CC(C)=C(C)[C]1=[W].CC(=[C-]C(C)C)N=C1CCC[C]1=[W].CC(=[C-]C(C)C)N=C1[C](=[W])C(C)=C(C)C(C)=C1C.CC(=[C-]C(C)C)N=C1[C](=[W])CC(C)=C1C.CC1=[C-]C(N=C(C)[C](=[W])C(C)C)=C(C)C1.Cc1nn2c(C)c(C)c(C)c2c(C)c1C(C)C.Cc1nn2c(C)nc(C)c2c(C)c1C(C)C. The van der Waals surface area contributed by atoms with Crippen LogP contribution in [-0.4, -0.2) is 72.3 Å². The van der Waals surface area contributed by atoms with Gasteiger partial charge in [0.15, 0.2) is 0 Å². The molecule has 5 aliphatic carbocycles. The molecule has 0 bridgehead atoms. The maximum atomic E-state index is 4.79. The van der Waals surface area contributed by atoms with Crippen molar-refractivity contribution in [2.75, 3.05) is 0 Å². The van der Waals surface area contributed by atoms with E-state index in [0.29, 0.717) is 41.4 Å². The van der Waals surface area contributed by atoms with Gasteiger partial charge in [0.25, 0.3) is 0 Å². The van der Waals surface area contributed by atoms with Crippen LogP contribution in [0.1, 0.15) is 369 Å². The number of hydrogen-bond acceptors (Lipinski definition) is 8. The number of aliphatic imine (C=N–C) groups is 5. The second-order valence-electron chi connectivity index (χ2n) is 32.2. The van der Waals surface area contributed by atoms with Gasteiger partial charge in [-0.05, 0) is 108 Å². The van der Waals surface area contributed by atoms with Gasteiger partial charge in [-0.3, -0.25) is 0 Å². The van der Waals surface area contributed by atoms with Crippen LogP contribution < -0.4 is 0 Å². The molecule has 0 amide bonds.